The van der Waals surface area contributed by atoms with E-state index < -0.39 is 0 Å². The van der Waals surface area contributed by atoms with Gasteiger partial charge in [-0.2, -0.15) is 0 Å². The number of nitrogens with one attached hydrogen (secondary N) is 2. The fraction of sp³-hybridized carbons (Fsp3) is 0.0952. The molecule has 5 nitrogen and oxygen atoms in total. The van der Waals surface area contributed by atoms with Gasteiger partial charge in [0.25, 0.3) is 5.91 Å². The first-order valence-corrected chi connectivity index (χ1v) is 8.83. The van der Waals surface area contributed by atoms with Crippen LogP contribution in [0.2, 0.25) is 5.02 Å². The van der Waals surface area contributed by atoms with Gasteiger partial charge in [0.2, 0.25) is 5.96 Å². The van der Waals surface area contributed by atoms with E-state index in [1.165, 1.54) is 0 Å². The molecule has 1 aromatic heterocycles. The van der Waals surface area contributed by atoms with E-state index in [9.17, 15) is 4.79 Å². The van der Waals surface area contributed by atoms with E-state index in [0.717, 1.165) is 16.9 Å². The predicted octanol–water partition coefficient (Wildman–Crippen LogP) is 4.44. The monoisotopic (exact) mass is 378 g/mol. The van der Waals surface area contributed by atoms with Crippen LogP contribution in [0.25, 0.3) is 0 Å². The number of aliphatic imine (C=N–C) groups is 1. The van der Waals surface area contributed by atoms with Crippen molar-refractivity contribution >= 4 is 29.2 Å². The molecule has 0 radical (unpaired) electrons. The van der Waals surface area contributed by atoms with E-state index in [2.05, 4.69) is 20.6 Å². The van der Waals surface area contributed by atoms with E-state index in [-0.39, 0.29) is 5.91 Å². The normalized spacial score (nSPS) is 11.1. The first-order valence-electron chi connectivity index (χ1n) is 8.45. The number of hydrogen-bond acceptors (Lipinski definition) is 3. The topological polar surface area (TPSA) is 66.4 Å². The summed E-state index contributed by atoms with van der Waals surface area (Å²) < 4.78 is 0. The number of halogens is 1. The Kier molecular flexibility index (Phi) is 6.18. The zero-order valence-electron chi connectivity index (χ0n) is 14.8. The van der Waals surface area contributed by atoms with Gasteiger partial charge in [0.1, 0.15) is 0 Å². The molecule has 0 aliphatic heterocycles. The number of hydrogen-bond donors (Lipinski definition) is 2. The first-order chi connectivity index (χ1) is 13.1. The van der Waals surface area contributed by atoms with Crippen LogP contribution in [0.1, 0.15) is 21.6 Å². The summed E-state index contributed by atoms with van der Waals surface area (Å²) in [4.78, 5) is 21.3. The predicted molar refractivity (Wildman–Crippen MR) is 109 cm³/mol. The number of pyridine rings is 1. The molecule has 0 aliphatic rings. The summed E-state index contributed by atoms with van der Waals surface area (Å²) in [7, 11) is 0. The van der Waals surface area contributed by atoms with E-state index in [4.69, 9.17) is 11.6 Å². The minimum atomic E-state index is -0.243. The second-order valence-electron chi connectivity index (χ2n) is 5.94. The van der Waals surface area contributed by atoms with Crippen LogP contribution < -0.4 is 10.6 Å². The number of amides is 1. The molecule has 0 spiro atoms. The quantitative estimate of drug-likeness (QED) is 0.521. The third kappa shape index (κ3) is 5.66. The maximum atomic E-state index is 12.6. The summed E-state index contributed by atoms with van der Waals surface area (Å²) >= 11 is 6.04. The molecule has 136 valence electrons. The number of guanidine groups is 1. The fourth-order valence-electron chi connectivity index (χ4n) is 2.43. The van der Waals surface area contributed by atoms with E-state index in [0.29, 0.717) is 23.1 Å². The molecule has 2 aromatic carbocycles. The number of aryl methyl sites for hydroxylation is 1. The molecule has 0 atom stereocenters. The number of benzene rings is 2. The third-order valence-corrected chi connectivity index (χ3v) is 3.96. The van der Waals surface area contributed by atoms with Gasteiger partial charge in [-0.15, -0.1) is 0 Å². The molecule has 0 bridgehead atoms. The zero-order valence-corrected chi connectivity index (χ0v) is 15.6. The zero-order chi connectivity index (χ0) is 19.1. The summed E-state index contributed by atoms with van der Waals surface area (Å²) in [6.45, 7) is 2.27. The molecule has 6 heteroatoms. The van der Waals surface area contributed by atoms with Crippen molar-refractivity contribution in [2.45, 2.75) is 13.5 Å². The number of anilines is 1. The number of aromatic nitrogens is 1. The van der Waals surface area contributed by atoms with Crippen molar-refractivity contribution in [1.29, 1.82) is 0 Å². The second kappa shape index (κ2) is 8.96. The Morgan fingerprint density at radius 1 is 1.07 bits per heavy atom. The highest BCUT2D eigenvalue weighted by atomic mass is 35.5. The highest BCUT2D eigenvalue weighted by molar-refractivity contribution is 6.31. The van der Waals surface area contributed by atoms with Gasteiger partial charge in [-0.05, 0) is 49.4 Å². The highest BCUT2D eigenvalue weighted by Gasteiger charge is 2.10. The molecule has 27 heavy (non-hydrogen) atoms. The van der Waals surface area contributed by atoms with Crippen molar-refractivity contribution in [3.05, 3.63) is 94.8 Å². The lowest BCUT2D eigenvalue weighted by Crippen LogP contribution is -2.36. The van der Waals surface area contributed by atoms with Crippen molar-refractivity contribution in [1.82, 2.24) is 10.3 Å². The lowest BCUT2D eigenvalue weighted by molar-refractivity contribution is 0.0977. The summed E-state index contributed by atoms with van der Waals surface area (Å²) in [6.07, 6.45) is 1.71. The van der Waals surface area contributed by atoms with Gasteiger partial charge in [0.15, 0.2) is 0 Å². The molecule has 3 rings (SSSR count). The van der Waals surface area contributed by atoms with Gasteiger partial charge in [0.05, 0.1) is 12.2 Å². The highest BCUT2D eigenvalue weighted by Crippen LogP contribution is 2.15. The third-order valence-electron chi connectivity index (χ3n) is 3.72. The van der Waals surface area contributed by atoms with E-state index in [1.807, 2.05) is 55.5 Å². The number of nitrogens with zero attached hydrogens (tertiary/aromatic N) is 2. The minimum absolute atomic E-state index is 0.243. The van der Waals surface area contributed by atoms with Crippen molar-refractivity contribution in [3.63, 3.8) is 0 Å². The molecular weight excluding hydrogens is 360 g/mol. The summed E-state index contributed by atoms with van der Waals surface area (Å²) in [5.74, 6) is 0.0856. The average Bonchev–Trinajstić information content (AvgIpc) is 2.67. The van der Waals surface area contributed by atoms with Crippen LogP contribution in [0.3, 0.4) is 0 Å². The van der Waals surface area contributed by atoms with Crippen molar-refractivity contribution in [2.75, 3.05) is 5.32 Å². The first kappa shape index (κ1) is 18.6. The molecule has 0 aliphatic carbocycles. The molecule has 3 aromatic rings. The van der Waals surface area contributed by atoms with Gasteiger partial charge in [-0.25, -0.2) is 4.99 Å². The van der Waals surface area contributed by atoms with Crippen LogP contribution in [-0.4, -0.2) is 16.9 Å². The summed E-state index contributed by atoms with van der Waals surface area (Å²) in [6, 6.07) is 20.2. The maximum absolute atomic E-state index is 12.6. The molecule has 0 fully saturated rings. The van der Waals surface area contributed by atoms with E-state index >= 15 is 0 Å². The van der Waals surface area contributed by atoms with Gasteiger partial charge >= 0.3 is 0 Å². The fourth-order valence-corrected chi connectivity index (χ4v) is 2.62. The average molecular weight is 379 g/mol. The van der Waals surface area contributed by atoms with Gasteiger partial charge in [-0.1, -0.05) is 41.4 Å². The molecular formula is C21H19ClN4O. The molecule has 0 saturated heterocycles. The maximum Gasteiger partial charge on any atom is 0.257 e. The van der Waals surface area contributed by atoms with Gasteiger partial charge < -0.3 is 5.32 Å². The Morgan fingerprint density at radius 3 is 2.67 bits per heavy atom. The van der Waals surface area contributed by atoms with E-state index in [1.54, 1.807) is 24.4 Å². The van der Waals surface area contributed by atoms with Gasteiger partial charge in [-0.3, -0.25) is 15.1 Å². The Hall–Kier alpha value is -3.18. The number of carbonyl (C=O) groups excluding carboxylic acids is 1. The van der Waals surface area contributed by atoms with Crippen LogP contribution in [0.5, 0.6) is 0 Å². The summed E-state index contributed by atoms with van der Waals surface area (Å²) in [5.41, 5.74) is 3.10. The van der Waals surface area contributed by atoms with Crippen LogP contribution in [0.4, 0.5) is 5.69 Å². The van der Waals surface area contributed by atoms with Gasteiger partial charge in [0, 0.05) is 22.5 Å². The van der Waals surface area contributed by atoms with Crippen LogP contribution in [0, 0.1) is 6.92 Å². The van der Waals surface area contributed by atoms with Crippen LogP contribution in [0.15, 0.2) is 77.9 Å². The summed E-state index contributed by atoms with van der Waals surface area (Å²) in [5, 5.41) is 6.53. The minimum Gasteiger partial charge on any atom is -0.326 e. The molecule has 1 heterocycles. The molecule has 2 N–H and O–H groups in total. The Bertz CT molecular complexity index is 957. The Labute approximate surface area is 163 Å². The number of carbonyl (C=O) groups is 1. The SMILES string of the molecule is Cc1cccc(C(=O)NC(=NCc2ccccn2)Nc2cccc(Cl)c2)c1. The van der Waals surface area contributed by atoms with Crippen molar-refractivity contribution < 1.29 is 4.79 Å². The largest absolute Gasteiger partial charge is 0.326 e. The van der Waals surface area contributed by atoms with Crippen LogP contribution >= 0.6 is 11.6 Å². The van der Waals surface area contributed by atoms with Crippen molar-refractivity contribution in [3.8, 4) is 0 Å². The molecule has 0 saturated carbocycles. The Balaban J connectivity index is 1.81. The number of rotatable bonds is 4. The molecule has 1 amide bonds. The standard InChI is InChI=1S/C21H19ClN4O/c1-15-6-4-7-16(12-15)20(27)26-21(24-14-19-9-2-3-11-23-19)25-18-10-5-8-17(22)13-18/h2-13H,14H2,1H3,(H2,24,25,26,27). The second-order valence-corrected chi connectivity index (χ2v) is 6.38. The molecule has 0 unspecified atom stereocenters. The van der Waals surface area contributed by atoms with Crippen LogP contribution in [-0.2, 0) is 6.54 Å². The van der Waals surface area contributed by atoms with Crippen molar-refractivity contribution in [2.24, 2.45) is 4.99 Å². The smallest absolute Gasteiger partial charge is 0.257 e. The lowest BCUT2D eigenvalue weighted by atomic mass is 10.1. The Morgan fingerprint density at radius 2 is 1.93 bits per heavy atom. The lowest BCUT2D eigenvalue weighted by Gasteiger charge is -2.12.